The van der Waals surface area contributed by atoms with Crippen molar-refractivity contribution >= 4 is 28.4 Å². The molecule has 0 radical (unpaired) electrons. The number of anilines is 1. The van der Waals surface area contributed by atoms with Gasteiger partial charge in [-0.2, -0.15) is 0 Å². The van der Waals surface area contributed by atoms with Gasteiger partial charge in [-0.15, -0.1) is 0 Å². The number of nitrogens with zero attached hydrogens (tertiary/aromatic N) is 1. The van der Waals surface area contributed by atoms with Crippen LogP contribution in [0.1, 0.15) is 28.8 Å². The van der Waals surface area contributed by atoms with Crippen LogP contribution < -0.4 is 10.2 Å². The lowest BCUT2D eigenvalue weighted by Gasteiger charge is -2.15. The number of carbonyl (C=O) groups is 2. The van der Waals surface area contributed by atoms with Gasteiger partial charge < -0.3 is 15.2 Å². The van der Waals surface area contributed by atoms with Crippen LogP contribution in [0.15, 0.2) is 54.7 Å². The highest BCUT2D eigenvalue weighted by Gasteiger charge is 2.21. The third-order valence-electron chi connectivity index (χ3n) is 4.63. The number of rotatable bonds is 4. The number of nitrogens with one attached hydrogen (secondary N) is 2. The van der Waals surface area contributed by atoms with Gasteiger partial charge in [-0.25, -0.2) is 0 Å². The first-order chi connectivity index (χ1) is 12.2. The molecule has 5 heteroatoms. The predicted octanol–water partition coefficient (Wildman–Crippen LogP) is 3.22. The smallest absolute Gasteiger partial charge is 0.251 e. The Labute approximate surface area is 145 Å². The molecule has 2 amide bonds. The van der Waals surface area contributed by atoms with Gasteiger partial charge in [-0.1, -0.05) is 18.2 Å². The second-order valence-electron chi connectivity index (χ2n) is 6.24. The normalized spacial score (nSPS) is 14.2. The summed E-state index contributed by atoms with van der Waals surface area (Å²) in [5, 5.41) is 4.07. The minimum Gasteiger partial charge on any atom is -0.361 e. The first kappa shape index (κ1) is 15.4. The molecule has 0 bridgehead atoms. The average Bonchev–Trinajstić information content (AvgIpc) is 3.26. The van der Waals surface area contributed by atoms with Gasteiger partial charge in [-0.3, -0.25) is 9.59 Å². The van der Waals surface area contributed by atoms with Crippen molar-refractivity contribution in [1.82, 2.24) is 10.3 Å². The van der Waals surface area contributed by atoms with E-state index in [1.165, 1.54) is 0 Å². The Morgan fingerprint density at radius 1 is 1.12 bits per heavy atom. The van der Waals surface area contributed by atoms with Gasteiger partial charge in [-0.05, 0) is 42.3 Å². The molecule has 25 heavy (non-hydrogen) atoms. The molecule has 0 spiro atoms. The fourth-order valence-corrected chi connectivity index (χ4v) is 3.27. The summed E-state index contributed by atoms with van der Waals surface area (Å²) in [6.07, 6.45) is 3.42. The van der Waals surface area contributed by atoms with Crippen LogP contribution in [0.4, 0.5) is 5.69 Å². The van der Waals surface area contributed by atoms with Crippen LogP contribution in [-0.2, 0) is 11.3 Å². The second kappa shape index (κ2) is 6.43. The molecule has 0 unspecified atom stereocenters. The van der Waals surface area contributed by atoms with E-state index in [1.54, 1.807) is 17.0 Å². The minimum atomic E-state index is -0.121. The van der Waals surface area contributed by atoms with E-state index in [2.05, 4.69) is 10.3 Å². The number of para-hydroxylation sites is 1. The molecule has 126 valence electrons. The average molecular weight is 333 g/mol. The maximum atomic E-state index is 12.4. The summed E-state index contributed by atoms with van der Waals surface area (Å²) in [4.78, 5) is 29.1. The fourth-order valence-electron chi connectivity index (χ4n) is 3.27. The van der Waals surface area contributed by atoms with Gasteiger partial charge in [0, 0.05) is 47.9 Å². The first-order valence-corrected chi connectivity index (χ1v) is 8.46. The fraction of sp³-hybridized carbons (Fsp3) is 0.200. The molecule has 3 aromatic rings. The highest BCUT2D eigenvalue weighted by atomic mass is 16.2. The Morgan fingerprint density at radius 3 is 2.68 bits per heavy atom. The van der Waals surface area contributed by atoms with Crippen molar-refractivity contribution in [3.8, 4) is 0 Å². The molecule has 5 nitrogen and oxygen atoms in total. The lowest BCUT2D eigenvalue weighted by molar-refractivity contribution is -0.117. The number of hydrogen-bond donors (Lipinski definition) is 2. The van der Waals surface area contributed by atoms with Crippen molar-refractivity contribution in [3.05, 3.63) is 65.9 Å². The summed E-state index contributed by atoms with van der Waals surface area (Å²) in [6, 6.07) is 15.2. The molecule has 1 aromatic heterocycles. The van der Waals surface area contributed by atoms with E-state index in [4.69, 9.17) is 0 Å². The van der Waals surface area contributed by atoms with Gasteiger partial charge in [0.2, 0.25) is 5.91 Å². The van der Waals surface area contributed by atoms with Crippen molar-refractivity contribution < 1.29 is 9.59 Å². The molecular weight excluding hydrogens is 314 g/mol. The van der Waals surface area contributed by atoms with Crippen LogP contribution in [0.25, 0.3) is 10.9 Å². The van der Waals surface area contributed by atoms with Crippen LogP contribution >= 0.6 is 0 Å². The Kier molecular flexibility index (Phi) is 3.98. The highest BCUT2D eigenvalue weighted by Crippen LogP contribution is 2.22. The van der Waals surface area contributed by atoms with Crippen LogP contribution in [0, 0.1) is 0 Å². The van der Waals surface area contributed by atoms with Crippen molar-refractivity contribution in [2.75, 3.05) is 11.4 Å². The number of carbonyl (C=O) groups excluding carboxylic acids is 2. The predicted molar refractivity (Wildman–Crippen MR) is 97.5 cm³/mol. The van der Waals surface area contributed by atoms with E-state index in [1.807, 2.05) is 42.6 Å². The maximum absolute atomic E-state index is 12.4. The third-order valence-corrected chi connectivity index (χ3v) is 4.63. The summed E-state index contributed by atoms with van der Waals surface area (Å²) < 4.78 is 0. The van der Waals surface area contributed by atoms with Gasteiger partial charge in [0.25, 0.3) is 5.91 Å². The van der Waals surface area contributed by atoms with E-state index >= 15 is 0 Å². The minimum absolute atomic E-state index is 0.121. The van der Waals surface area contributed by atoms with E-state index in [0.717, 1.165) is 35.1 Å². The van der Waals surface area contributed by atoms with E-state index in [9.17, 15) is 9.59 Å². The van der Waals surface area contributed by atoms with Crippen LogP contribution in [0.2, 0.25) is 0 Å². The topological polar surface area (TPSA) is 65.2 Å². The summed E-state index contributed by atoms with van der Waals surface area (Å²) >= 11 is 0. The lowest BCUT2D eigenvalue weighted by Crippen LogP contribution is -2.24. The van der Waals surface area contributed by atoms with Gasteiger partial charge in [0.1, 0.15) is 0 Å². The lowest BCUT2D eigenvalue weighted by atomic mass is 10.1. The largest absolute Gasteiger partial charge is 0.361 e. The number of hydrogen-bond acceptors (Lipinski definition) is 2. The summed E-state index contributed by atoms with van der Waals surface area (Å²) in [7, 11) is 0. The molecule has 2 aromatic carbocycles. The molecule has 1 aliphatic heterocycles. The van der Waals surface area contributed by atoms with Crippen LogP contribution in [-0.4, -0.2) is 23.3 Å². The molecule has 2 N–H and O–H groups in total. The monoisotopic (exact) mass is 333 g/mol. The quantitative estimate of drug-likeness (QED) is 0.770. The van der Waals surface area contributed by atoms with Crippen molar-refractivity contribution in [1.29, 1.82) is 0 Å². The maximum Gasteiger partial charge on any atom is 0.251 e. The van der Waals surface area contributed by atoms with E-state index in [0.29, 0.717) is 18.5 Å². The molecule has 1 aliphatic rings. The zero-order valence-corrected chi connectivity index (χ0v) is 13.8. The highest BCUT2D eigenvalue weighted by molar-refractivity contribution is 5.97. The Morgan fingerprint density at radius 2 is 1.92 bits per heavy atom. The summed E-state index contributed by atoms with van der Waals surface area (Å²) in [6.45, 7) is 1.22. The molecule has 0 atom stereocenters. The van der Waals surface area contributed by atoms with Gasteiger partial charge >= 0.3 is 0 Å². The number of H-pyrrole nitrogens is 1. The van der Waals surface area contributed by atoms with Crippen molar-refractivity contribution in [2.45, 2.75) is 19.4 Å². The third kappa shape index (κ3) is 3.01. The number of aromatic nitrogens is 1. The zero-order chi connectivity index (χ0) is 17.2. The zero-order valence-electron chi connectivity index (χ0n) is 13.8. The standard InChI is InChI=1S/C20H19N3O2/c24-19-6-3-11-23(19)16-9-7-14(8-10-16)20(25)22-13-15-12-21-18-5-2-1-4-17(15)18/h1-2,4-5,7-10,12,21H,3,6,11,13H2,(H,22,25). The SMILES string of the molecule is O=C(NCc1c[nH]c2ccccc12)c1ccc(N2CCCC2=O)cc1. The van der Waals surface area contributed by atoms with Gasteiger partial charge in [0.15, 0.2) is 0 Å². The summed E-state index contributed by atoms with van der Waals surface area (Å²) in [5.74, 6) is 0.0288. The molecule has 4 rings (SSSR count). The summed E-state index contributed by atoms with van der Waals surface area (Å²) in [5.41, 5.74) is 3.57. The number of aromatic amines is 1. The van der Waals surface area contributed by atoms with E-state index < -0.39 is 0 Å². The number of fused-ring (bicyclic) bond motifs is 1. The molecule has 1 saturated heterocycles. The number of amides is 2. The molecule has 2 heterocycles. The van der Waals surface area contributed by atoms with Crippen molar-refractivity contribution in [3.63, 3.8) is 0 Å². The number of benzene rings is 2. The molecule has 1 fully saturated rings. The molecular formula is C20H19N3O2. The van der Waals surface area contributed by atoms with Gasteiger partial charge in [0.05, 0.1) is 0 Å². The van der Waals surface area contributed by atoms with Crippen LogP contribution in [0.3, 0.4) is 0 Å². The Bertz CT molecular complexity index is 928. The Balaban J connectivity index is 1.43. The van der Waals surface area contributed by atoms with E-state index in [-0.39, 0.29) is 11.8 Å². The molecule has 0 saturated carbocycles. The van der Waals surface area contributed by atoms with Crippen molar-refractivity contribution in [2.24, 2.45) is 0 Å². The molecule has 0 aliphatic carbocycles. The Hall–Kier alpha value is -3.08. The first-order valence-electron chi connectivity index (χ1n) is 8.46. The second-order valence-corrected chi connectivity index (χ2v) is 6.24. The van der Waals surface area contributed by atoms with Crippen LogP contribution in [0.5, 0.6) is 0 Å².